The Bertz CT molecular complexity index is 3350. The molecule has 1 spiro atoms. The molecule has 5 aliphatic carbocycles. The number of rotatable bonds is 13. The highest BCUT2D eigenvalue weighted by atomic mass is 19.4. The molecule has 0 radical (unpaired) electrons. The van der Waals surface area contributed by atoms with Crippen molar-refractivity contribution >= 4 is 70.9 Å². The third-order valence-electron chi connectivity index (χ3n) is 26.0. The topological polar surface area (TPSA) is 279 Å². The van der Waals surface area contributed by atoms with E-state index in [0.29, 0.717) is 64.5 Å². The summed E-state index contributed by atoms with van der Waals surface area (Å²) in [4.78, 5) is 194. The molecule has 3 saturated heterocycles. The zero-order valence-electron chi connectivity index (χ0n) is 65.9. The zero-order valence-corrected chi connectivity index (χ0v) is 65.9. The molecule has 2 unspecified atom stereocenters. The van der Waals surface area contributed by atoms with E-state index in [1.165, 1.54) is 61.9 Å². The van der Waals surface area contributed by atoms with Gasteiger partial charge in [0.25, 0.3) is 0 Å². The molecule has 0 aromatic carbocycles. The Morgan fingerprint density at radius 3 is 1.78 bits per heavy atom. The summed E-state index contributed by atoms with van der Waals surface area (Å²) in [5, 5.41) is 8.52. The first-order valence-corrected chi connectivity index (χ1v) is 40.4. The molecule has 3 N–H and O–H groups in total. The van der Waals surface area contributed by atoms with Crippen LogP contribution in [0, 0.1) is 41.4 Å². The third kappa shape index (κ3) is 20.8. The predicted octanol–water partition coefficient (Wildman–Crippen LogP) is 7.03. The minimum Gasteiger partial charge on any atom is -0.377 e. The first-order valence-electron chi connectivity index (χ1n) is 40.4. The molecule has 4 aliphatic heterocycles. The van der Waals surface area contributed by atoms with Crippen LogP contribution in [0.3, 0.4) is 0 Å². The van der Waals surface area contributed by atoms with Gasteiger partial charge in [-0.25, -0.2) is 8.78 Å². The van der Waals surface area contributed by atoms with Crippen molar-refractivity contribution in [1.82, 2.24) is 60.0 Å². The van der Waals surface area contributed by atoms with Gasteiger partial charge in [0.15, 0.2) is 0 Å². The van der Waals surface area contributed by atoms with Crippen LogP contribution in [0.1, 0.15) is 194 Å². The lowest BCUT2D eigenvalue weighted by Gasteiger charge is -2.46. The zero-order chi connectivity index (χ0) is 81.3. The van der Waals surface area contributed by atoms with E-state index >= 15 is 51.9 Å². The first kappa shape index (κ1) is 87.7. The van der Waals surface area contributed by atoms with Crippen molar-refractivity contribution in [3.05, 3.63) is 12.2 Å². The lowest BCUT2D eigenvalue weighted by atomic mass is 9.74. The van der Waals surface area contributed by atoms with E-state index in [-0.39, 0.29) is 103 Å². The second-order valence-corrected chi connectivity index (χ2v) is 33.4. The largest absolute Gasteiger partial charge is 0.397 e. The highest BCUT2D eigenvalue weighted by Crippen LogP contribution is 2.46. The van der Waals surface area contributed by atoms with E-state index < -0.39 is 230 Å². The molecule has 5 saturated carbocycles. The molecule has 624 valence electrons. The van der Waals surface area contributed by atoms with E-state index in [1.54, 1.807) is 37.8 Å². The summed E-state index contributed by atoms with van der Waals surface area (Å²) in [5.41, 5.74) is -1.68. The van der Waals surface area contributed by atoms with Gasteiger partial charge in [0.2, 0.25) is 70.9 Å². The highest BCUT2D eigenvalue weighted by molar-refractivity contribution is 6.01. The normalized spacial score (nSPS) is 32.9. The van der Waals surface area contributed by atoms with Gasteiger partial charge in [0, 0.05) is 81.5 Å². The Labute approximate surface area is 646 Å². The number of carbonyl (C=O) groups is 12. The number of likely N-dealkylation sites (tertiary alicyclic amines) is 1. The van der Waals surface area contributed by atoms with E-state index in [0.717, 1.165) is 38.9 Å². The number of hydrogen-bond acceptors (Lipinski definition) is 13. The molecule has 2 bridgehead atoms. The van der Waals surface area contributed by atoms with Gasteiger partial charge in [-0.2, -0.15) is 26.3 Å². The maximum atomic E-state index is 15.7. The van der Waals surface area contributed by atoms with Crippen LogP contribution in [-0.2, 0) is 62.3 Å². The van der Waals surface area contributed by atoms with Crippen LogP contribution in [0.5, 0.6) is 0 Å². The van der Waals surface area contributed by atoms with Gasteiger partial charge in [-0.1, -0.05) is 64.5 Å². The Balaban J connectivity index is 1.11. The minimum atomic E-state index is -5.22. The van der Waals surface area contributed by atoms with E-state index in [9.17, 15) is 40.7 Å². The Morgan fingerprint density at radius 1 is 0.586 bits per heavy atom. The number of fused-ring (bicyclic) bond motifs is 3. The molecular formula is C78H118F8N12O13. The van der Waals surface area contributed by atoms with Crippen molar-refractivity contribution < 1.29 is 97.4 Å². The minimum absolute atomic E-state index is 0.000413. The molecule has 12 amide bonds. The van der Waals surface area contributed by atoms with E-state index in [2.05, 4.69) is 16.0 Å². The average molecular weight is 1580 g/mol. The van der Waals surface area contributed by atoms with Crippen LogP contribution >= 0.6 is 0 Å². The van der Waals surface area contributed by atoms with Crippen molar-refractivity contribution in [3.8, 4) is 0 Å². The maximum Gasteiger partial charge on any atom is 0.397 e. The lowest BCUT2D eigenvalue weighted by Crippen LogP contribution is -2.68. The quantitative estimate of drug-likeness (QED) is 0.124. The maximum absolute atomic E-state index is 15.7. The van der Waals surface area contributed by atoms with Crippen molar-refractivity contribution in [2.24, 2.45) is 41.4 Å². The summed E-state index contributed by atoms with van der Waals surface area (Å²) in [6.07, 6.45) is -9.15. The molecule has 0 aromatic heterocycles. The van der Waals surface area contributed by atoms with Crippen molar-refractivity contribution in [2.45, 2.75) is 279 Å². The van der Waals surface area contributed by atoms with Crippen molar-refractivity contribution in [2.75, 3.05) is 88.2 Å². The second-order valence-electron chi connectivity index (χ2n) is 33.4. The number of hydrogen-bond donors (Lipinski definition) is 3. The SMILES string of the molecule is CCO[C@@H]1C[C@H]2C(=O)NC3(CCC3)C(=O)N(C)[C@@H](C3CCCC3)C(=O)N(C)[C@H](C(=O)N3CCCC3)CC(=O)N(C)[C@@H](CC3CCC3)C(=O)N[C@@H]([C@@H](C)CC)C(=O)N(C)CC(=O)N(C)[C@H]3C/C=C\CCN(C3=O)[C@@H](CC3CCC(C(F)(F)F)CC3)C(=O)N(C)CC(=O)N[C@@H](CCC3CC(F)C(C(F)(F)F)C(F)C3)C(=O)N2C1. The fourth-order valence-electron chi connectivity index (χ4n) is 18.5. The van der Waals surface area contributed by atoms with E-state index in [1.807, 2.05) is 0 Å². The van der Waals surface area contributed by atoms with Gasteiger partial charge in [0.1, 0.15) is 72.1 Å². The van der Waals surface area contributed by atoms with Crippen molar-refractivity contribution in [3.63, 3.8) is 0 Å². The van der Waals surface area contributed by atoms with Gasteiger partial charge in [-0.3, -0.25) is 57.5 Å². The highest BCUT2D eigenvalue weighted by Gasteiger charge is 2.56. The van der Waals surface area contributed by atoms with Gasteiger partial charge < -0.3 is 64.8 Å². The second kappa shape index (κ2) is 37.8. The summed E-state index contributed by atoms with van der Waals surface area (Å²) < 4.78 is 122. The summed E-state index contributed by atoms with van der Waals surface area (Å²) in [6, 6.07) is -11.2. The van der Waals surface area contributed by atoms with Gasteiger partial charge >= 0.3 is 12.4 Å². The molecule has 111 heavy (non-hydrogen) atoms. The fourth-order valence-corrected chi connectivity index (χ4v) is 18.5. The monoisotopic (exact) mass is 1580 g/mol. The van der Waals surface area contributed by atoms with Crippen LogP contribution < -0.4 is 16.0 Å². The summed E-state index contributed by atoms with van der Waals surface area (Å²) >= 11 is 0. The third-order valence-corrected chi connectivity index (χ3v) is 26.0. The lowest BCUT2D eigenvalue weighted by molar-refractivity contribution is -0.219. The Kier molecular flexibility index (Phi) is 29.9. The number of amides is 12. The molecule has 4 heterocycles. The molecule has 9 rings (SSSR count). The number of alkyl halides is 8. The molecule has 0 aromatic rings. The number of halogens is 8. The number of nitrogens with zero attached hydrogens (tertiary/aromatic N) is 9. The number of likely N-dealkylation sites (N-methyl/N-ethyl adjacent to an activating group) is 6. The van der Waals surface area contributed by atoms with Gasteiger partial charge in [-0.05, 0) is 159 Å². The molecular weight excluding hydrogens is 1460 g/mol. The molecule has 9 aliphatic rings. The van der Waals surface area contributed by atoms with Crippen LogP contribution in [0.15, 0.2) is 12.2 Å². The van der Waals surface area contributed by atoms with E-state index in [4.69, 9.17) is 4.74 Å². The standard InChI is InChI=1S/C78H118F8N12O13/c1-10-46(3)65-73(108)91(5)45-63(101)92(6)56-25-13-12-16-36-97(72(56)107)60(40-48-26-29-51(30-27-48)77(81,82)83)70(105)90(4)44-61(99)87-55(31-28-49-37-53(79)64(54(80)38-49)78(84,85)86)69(104)98-43-52(111-11-2)41-58(98)68(103)89-76(32-20-33-76)75(110)95(9)66(50-23-14-15-24-50)74(109)94(8)59(71(106)96-34-17-18-35-96)42-62(100)93(7)57(67(102)88-65)39-47-21-19-22-47/h12-13,46-60,64-66H,10-11,14-45H2,1-9H3,(H,87,99)(H,88,102)(H,89,103)/b13-12-/t46-,48?,49?,51?,52+,53?,54?,55-,56-,57-,58-,59-,60-,64?,65-,66-/m0/s1. The molecule has 8 fully saturated rings. The predicted molar refractivity (Wildman–Crippen MR) is 391 cm³/mol. The number of carbonyl (C=O) groups excluding carboxylic acids is 12. The Morgan fingerprint density at radius 2 is 1.21 bits per heavy atom. The molecule has 25 nitrogen and oxygen atoms in total. The average Bonchev–Trinajstić information content (AvgIpc) is 1.74. The smallest absolute Gasteiger partial charge is 0.377 e. The van der Waals surface area contributed by atoms with Gasteiger partial charge in [-0.15, -0.1) is 0 Å². The van der Waals surface area contributed by atoms with Gasteiger partial charge in [0.05, 0.1) is 31.5 Å². The summed E-state index contributed by atoms with van der Waals surface area (Å²) in [7, 11) is 8.19. The number of ether oxygens (including phenoxy) is 1. The van der Waals surface area contributed by atoms with Crippen LogP contribution in [0.4, 0.5) is 35.1 Å². The fraction of sp³-hybridized carbons (Fsp3) is 0.821. The van der Waals surface area contributed by atoms with Crippen LogP contribution in [0.25, 0.3) is 0 Å². The molecule has 12 atom stereocenters. The number of nitrogens with one attached hydrogen (secondary N) is 3. The van der Waals surface area contributed by atoms with Crippen molar-refractivity contribution in [1.29, 1.82) is 0 Å². The Hall–Kier alpha value is -7.22. The van der Waals surface area contributed by atoms with Crippen LogP contribution in [0.2, 0.25) is 0 Å². The summed E-state index contributed by atoms with van der Waals surface area (Å²) in [5.74, 6) is -16.3. The first-order chi connectivity index (χ1) is 52.4. The molecule has 33 heteroatoms. The summed E-state index contributed by atoms with van der Waals surface area (Å²) in [6.45, 7) is 4.01. The van der Waals surface area contributed by atoms with Crippen LogP contribution in [-0.4, -0.2) is 288 Å².